The number of thioether (sulfide) groups is 1. The van der Waals surface area contributed by atoms with Crippen molar-refractivity contribution in [3.05, 3.63) is 35.9 Å². The van der Waals surface area contributed by atoms with Crippen molar-refractivity contribution in [1.29, 1.82) is 0 Å². The Kier molecular flexibility index (Phi) is 8.65. The maximum Gasteiger partial charge on any atom is 0.410 e. The summed E-state index contributed by atoms with van der Waals surface area (Å²) in [5.74, 6) is -1.72. The van der Waals surface area contributed by atoms with Crippen LogP contribution in [0.1, 0.15) is 26.2 Å². The van der Waals surface area contributed by atoms with E-state index in [1.807, 2.05) is 0 Å². The molecule has 3 aliphatic rings. The fourth-order valence-corrected chi connectivity index (χ4v) is 6.18. The summed E-state index contributed by atoms with van der Waals surface area (Å²) in [5, 5.41) is 10.1. The van der Waals surface area contributed by atoms with Gasteiger partial charge in [-0.2, -0.15) is 0 Å². The number of aliphatic hydroxyl groups excluding tert-OH is 1. The number of amides is 3. The average Bonchev–Trinajstić information content (AvgIpc) is 3.39. The predicted octanol–water partition coefficient (Wildman–Crippen LogP) is 1.52. The van der Waals surface area contributed by atoms with E-state index in [0.29, 0.717) is 24.2 Å². The molecule has 3 amide bonds. The van der Waals surface area contributed by atoms with Crippen LogP contribution in [0.3, 0.4) is 0 Å². The molecular weight excluding hydrogens is 474 g/mol. The number of carbonyl (C=O) groups is 4. The van der Waals surface area contributed by atoms with Gasteiger partial charge < -0.3 is 24.4 Å². The summed E-state index contributed by atoms with van der Waals surface area (Å²) in [5.41, 5.74) is 0.176. The number of likely N-dealkylation sites (N-methyl/N-ethyl adjacent to an activating group) is 1. The Bertz CT molecular complexity index is 934. The number of β-lactam (4-membered cyclic amide) rings is 1. The molecule has 35 heavy (non-hydrogen) atoms. The molecule has 3 heterocycles. The summed E-state index contributed by atoms with van der Waals surface area (Å²) in [4.78, 5) is 56.0. The standard InChI is InChI=1S/C24H33N3O7S/c1-6-9-33-23(31)20-18(12-15-19(17(28)8-3)22(30)27(15)20)35-14-11-16(21(29)25(4)5)26(13-14)24(32)34-10-7-2/h6-7,14-17,19,28H,1-2,8-13H2,3-5H3/t14?,15-,16?,17?,19-/m1/s1. The molecule has 10 nitrogen and oxygen atoms in total. The lowest BCUT2D eigenvalue weighted by Gasteiger charge is -2.45. The highest BCUT2D eigenvalue weighted by atomic mass is 32.2. The maximum atomic E-state index is 12.9. The molecule has 0 aromatic heterocycles. The van der Waals surface area contributed by atoms with Crippen molar-refractivity contribution in [3.63, 3.8) is 0 Å². The summed E-state index contributed by atoms with van der Waals surface area (Å²) in [7, 11) is 3.25. The lowest BCUT2D eigenvalue weighted by molar-refractivity contribution is -0.163. The van der Waals surface area contributed by atoms with Crippen LogP contribution in [0, 0.1) is 5.92 Å². The van der Waals surface area contributed by atoms with Crippen molar-refractivity contribution in [1.82, 2.24) is 14.7 Å². The molecule has 0 spiro atoms. The summed E-state index contributed by atoms with van der Waals surface area (Å²) in [6, 6.07) is -1.02. The Labute approximate surface area is 209 Å². The predicted molar refractivity (Wildman–Crippen MR) is 130 cm³/mol. The fraction of sp³-hybridized carbons (Fsp3) is 0.583. The Morgan fingerprint density at radius 3 is 2.49 bits per heavy atom. The number of esters is 1. The lowest BCUT2D eigenvalue weighted by atomic mass is 9.82. The molecule has 0 aliphatic carbocycles. The maximum absolute atomic E-state index is 12.9. The first-order valence-electron chi connectivity index (χ1n) is 11.6. The van der Waals surface area contributed by atoms with Gasteiger partial charge in [0.15, 0.2) is 0 Å². The van der Waals surface area contributed by atoms with Crippen LogP contribution in [0.5, 0.6) is 0 Å². The van der Waals surface area contributed by atoms with Crippen molar-refractivity contribution < 1.29 is 33.8 Å². The molecule has 2 fully saturated rings. The molecule has 11 heteroatoms. The minimum atomic E-state index is -0.790. The van der Waals surface area contributed by atoms with E-state index < -0.39 is 30.1 Å². The van der Waals surface area contributed by atoms with E-state index in [9.17, 15) is 24.3 Å². The van der Waals surface area contributed by atoms with E-state index in [2.05, 4.69) is 13.2 Å². The first kappa shape index (κ1) is 26.8. The van der Waals surface area contributed by atoms with E-state index >= 15 is 0 Å². The van der Waals surface area contributed by atoms with Gasteiger partial charge in [0.05, 0.1) is 18.1 Å². The van der Waals surface area contributed by atoms with Gasteiger partial charge in [-0.25, -0.2) is 9.59 Å². The van der Waals surface area contributed by atoms with Crippen LogP contribution in [-0.4, -0.2) is 101 Å². The largest absolute Gasteiger partial charge is 0.457 e. The summed E-state index contributed by atoms with van der Waals surface area (Å²) in [6.45, 7) is 9.16. The van der Waals surface area contributed by atoms with Gasteiger partial charge in [0.25, 0.3) is 0 Å². The van der Waals surface area contributed by atoms with E-state index in [1.54, 1.807) is 21.0 Å². The monoisotopic (exact) mass is 507 g/mol. The SMILES string of the molecule is C=CCOC(=O)C1=C(SC2CC(C(=O)N(C)C)N(C(=O)OCC=C)C2)C[C@@H]2[C@H](C(O)CC)C(=O)N12. The van der Waals surface area contributed by atoms with Crippen molar-refractivity contribution >= 4 is 35.6 Å². The van der Waals surface area contributed by atoms with Crippen LogP contribution < -0.4 is 0 Å². The molecule has 5 atom stereocenters. The topological polar surface area (TPSA) is 117 Å². The highest BCUT2D eigenvalue weighted by Crippen LogP contribution is 2.49. The fourth-order valence-electron chi connectivity index (χ4n) is 4.71. The van der Waals surface area contributed by atoms with Crippen LogP contribution in [-0.2, 0) is 23.9 Å². The Morgan fingerprint density at radius 1 is 1.23 bits per heavy atom. The molecule has 2 saturated heterocycles. The summed E-state index contributed by atoms with van der Waals surface area (Å²) in [6.07, 6.45) is 2.70. The van der Waals surface area contributed by atoms with Gasteiger partial charge in [-0.15, -0.1) is 11.8 Å². The van der Waals surface area contributed by atoms with Gasteiger partial charge >= 0.3 is 12.1 Å². The zero-order valence-electron chi connectivity index (χ0n) is 20.3. The first-order chi connectivity index (χ1) is 16.7. The minimum absolute atomic E-state index is 0.000246. The highest BCUT2D eigenvalue weighted by Gasteiger charge is 2.58. The highest BCUT2D eigenvalue weighted by molar-refractivity contribution is 8.03. The van der Waals surface area contributed by atoms with E-state index in [1.165, 1.54) is 38.6 Å². The molecule has 1 N–H and O–H groups in total. The van der Waals surface area contributed by atoms with Gasteiger partial charge in [0.1, 0.15) is 25.0 Å². The van der Waals surface area contributed by atoms with Crippen LogP contribution in [0.25, 0.3) is 0 Å². The normalized spacial score (nSPS) is 26.1. The third kappa shape index (κ3) is 5.25. The smallest absolute Gasteiger partial charge is 0.410 e. The molecular formula is C24H33N3O7S. The molecule has 3 rings (SSSR count). The Balaban J connectivity index is 1.84. The van der Waals surface area contributed by atoms with E-state index in [0.717, 1.165) is 0 Å². The molecule has 0 aromatic carbocycles. The summed E-state index contributed by atoms with van der Waals surface area (Å²) < 4.78 is 10.4. The quantitative estimate of drug-likeness (QED) is 0.269. The molecule has 0 radical (unpaired) electrons. The van der Waals surface area contributed by atoms with Crippen LogP contribution in [0.2, 0.25) is 0 Å². The van der Waals surface area contributed by atoms with Crippen molar-refractivity contribution in [3.8, 4) is 0 Å². The van der Waals surface area contributed by atoms with Crippen LogP contribution in [0.15, 0.2) is 35.9 Å². The number of hydrogen-bond acceptors (Lipinski definition) is 8. The zero-order chi connectivity index (χ0) is 25.9. The molecule has 3 unspecified atom stereocenters. The average molecular weight is 508 g/mol. The number of hydrogen-bond donors (Lipinski definition) is 1. The van der Waals surface area contributed by atoms with Crippen molar-refractivity contribution in [2.75, 3.05) is 33.9 Å². The van der Waals surface area contributed by atoms with Crippen LogP contribution in [0.4, 0.5) is 4.79 Å². The van der Waals surface area contributed by atoms with E-state index in [4.69, 9.17) is 9.47 Å². The van der Waals surface area contributed by atoms with Crippen LogP contribution >= 0.6 is 11.8 Å². The number of likely N-dealkylation sites (tertiary alicyclic amines) is 1. The molecule has 3 aliphatic heterocycles. The first-order valence-corrected chi connectivity index (χ1v) is 12.5. The number of ether oxygens (including phenoxy) is 2. The minimum Gasteiger partial charge on any atom is -0.457 e. The molecule has 192 valence electrons. The van der Waals surface area contributed by atoms with Gasteiger partial charge in [0.2, 0.25) is 11.8 Å². The van der Waals surface area contributed by atoms with Gasteiger partial charge in [-0.05, 0) is 12.8 Å². The third-order valence-corrected chi connectivity index (χ3v) is 7.70. The van der Waals surface area contributed by atoms with Crippen molar-refractivity contribution in [2.45, 2.75) is 49.6 Å². The van der Waals surface area contributed by atoms with Gasteiger partial charge in [-0.3, -0.25) is 14.5 Å². The zero-order valence-corrected chi connectivity index (χ0v) is 21.2. The second-order valence-electron chi connectivity index (χ2n) is 8.88. The van der Waals surface area contributed by atoms with Gasteiger partial charge in [-0.1, -0.05) is 32.2 Å². The second-order valence-corrected chi connectivity index (χ2v) is 10.3. The molecule has 0 aromatic rings. The molecule has 0 saturated carbocycles. The number of carbonyl (C=O) groups excluding carboxylic acids is 4. The van der Waals surface area contributed by atoms with Crippen molar-refractivity contribution in [2.24, 2.45) is 5.92 Å². The number of rotatable bonds is 10. The molecule has 0 bridgehead atoms. The van der Waals surface area contributed by atoms with E-state index in [-0.39, 0.29) is 48.6 Å². The number of aliphatic hydroxyl groups is 1. The third-order valence-electron chi connectivity index (χ3n) is 6.38. The van der Waals surface area contributed by atoms with Gasteiger partial charge in [0, 0.05) is 37.2 Å². The number of fused-ring (bicyclic) bond motifs is 1. The second kappa shape index (κ2) is 11.3. The Morgan fingerprint density at radius 2 is 1.89 bits per heavy atom. The summed E-state index contributed by atoms with van der Waals surface area (Å²) >= 11 is 1.37. The number of nitrogens with zero attached hydrogens (tertiary/aromatic N) is 3. The lowest BCUT2D eigenvalue weighted by Crippen LogP contribution is -2.62. The Hall–Kier alpha value is -2.79.